The van der Waals surface area contributed by atoms with Gasteiger partial charge in [0, 0.05) is 25.7 Å². The summed E-state index contributed by atoms with van der Waals surface area (Å²) in [6, 6.07) is 14.2. The first kappa shape index (κ1) is 17.2. The molecule has 0 bridgehead atoms. The summed E-state index contributed by atoms with van der Waals surface area (Å²) in [5.41, 5.74) is 5.46. The minimum Gasteiger partial charge on any atom is -0.336 e. The van der Waals surface area contributed by atoms with Gasteiger partial charge in [-0.25, -0.2) is 0 Å². The van der Waals surface area contributed by atoms with Crippen LogP contribution in [0.2, 0.25) is 0 Å². The molecule has 0 spiro atoms. The van der Waals surface area contributed by atoms with E-state index in [-0.39, 0.29) is 18.4 Å². The first-order valence-electron chi connectivity index (χ1n) is 8.65. The number of benzene rings is 2. The first-order chi connectivity index (χ1) is 12.0. The lowest BCUT2D eigenvalue weighted by Crippen LogP contribution is -2.44. The Morgan fingerprint density at radius 2 is 1.80 bits per heavy atom. The van der Waals surface area contributed by atoms with Crippen molar-refractivity contribution in [1.82, 2.24) is 4.90 Å². The minimum absolute atomic E-state index is 0.00956. The van der Waals surface area contributed by atoms with Gasteiger partial charge >= 0.3 is 0 Å². The third kappa shape index (κ3) is 3.73. The van der Waals surface area contributed by atoms with E-state index in [0.717, 1.165) is 23.2 Å². The van der Waals surface area contributed by atoms with E-state index in [1.165, 1.54) is 18.1 Å². The van der Waals surface area contributed by atoms with Gasteiger partial charge in [-0.3, -0.25) is 9.59 Å². The highest BCUT2D eigenvalue weighted by molar-refractivity contribution is 5.98. The van der Waals surface area contributed by atoms with Crippen molar-refractivity contribution >= 4 is 17.5 Å². The van der Waals surface area contributed by atoms with Crippen molar-refractivity contribution in [2.24, 2.45) is 0 Å². The predicted octanol–water partition coefficient (Wildman–Crippen LogP) is 3.24. The molecule has 4 nitrogen and oxygen atoms in total. The number of rotatable bonds is 3. The zero-order valence-corrected chi connectivity index (χ0v) is 15.1. The van der Waals surface area contributed by atoms with Gasteiger partial charge in [-0.2, -0.15) is 0 Å². The van der Waals surface area contributed by atoms with E-state index < -0.39 is 0 Å². The molecule has 0 saturated heterocycles. The third-order valence-electron chi connectivity index (χ3n) is 4.80. The van der Waals surface area contributed by atoms with Crippen LogP contribution in [-0.2, 0) is 22.6 Å². The zero-order valence-electron chi connectivity index (χ0n) is 15.1. The summed E-state index contributed by atoms with van der Waals surface area (Å²) >= 11 is 0. The van der Waals surface area contributed by atoms with Crippen LogP contribution in [0, 0.1) is 13.8 Å². The molecule has 2 amide bonds. The van der Waals surface area contributed by atoms with Crippen molar-refractivity contribution in [3.63, 3.8) is 0 Å². The number of hydrogen-bond acceptors (Lipinski definition) is 2. The summed E-state index contributed by atoms with van der Waals surface area (Å²) in [4.78, 5) is 28.4. The average Bonchev–Trinajstić information content (AvgIpc) is 2.59. The largest absolute Gasteiger partial charge is 0.336 e. The predicted molar refractivity (Wildman–Crippen MR) is 99.5 cm³/mol. The van der Waals surface area contributed by atoms with Crippen LogP contribution in [0.25, 0.3) is 0 Å². The van der Waals surface area contributed by atoms with E-state index >= 15 is 0 Å². The quantitative estimate of drug-likeness (QED) is 0.863. The van der Waals surface area contributed by atoms with E-state index in [0.29, 0.717) is 13.1 Å². The highest BCUT2D eigenvalue weighted by Crippen LogP contribution is 2.23. The highest BCUT2D eigenvalue weighted by Gasteiger charge is 2.24. The number of carbonyl (C=O) groups excluding carboxylic acids is 2. The topological polar surface area (TPSA) is 40.6 Å². The molecule has 25 heavy (non-hydrogen) atoms. The Labute approximate surface area is 149 Å². The van der Waals surface area contributed by atoms with Crippen molar-refractivity contribution in [3.05, 3.63) is 64.7 Å². The number of fused-ring (bicyclic) bond motifs is 1. The Morgan fingerprint density at radius 3 is 2.48 bits per heavy atom. The molecule has 0 saturated carbocycles. The summed E-state index contributed by atoms with van der Waals surface area (Å²) in [5, 5.41) is 0. The van der Waals surface area contributed by atoms with Crippen molar-refractivity contribution in [1.29, 1.82) is 0 Å². The molecule has 0 radical (unpaired) electrons. The van der Waals surface area contributed by atoms with E-state index in [1.54, 1.807) is 4.90 Å². The van der Waals surface area contributed by atoms with Gasteiger partial charge in [-0.05, 0) is 43.0 Å². The van der Waals surface area contributed by atoms with Gasteiger partial charge in [0.25, 0.3) is 0 Å². The molecule has 0 aromatic heterocycles. The summed E-state index contributed by atoms with van der Waals surface area (Å²) in [6.07, 6.45) is 0.867. The van der Waals surface area contributed by atoms with Gasteiger partial charge in [0.1, 0.15) is 6.54 Å². The second-order valence-electron chi connectivity index (χ2n) is 6.73. The molecule has 0 fully saturated rings. The molecule has 1 aliphatic rings. The highest BCUT2D eigenvalue weighted by atomic mass is 16.2. The van der Waals surface area contributed by atoms with Gasteiger partial charge < -0.3 is 9.80 Å². The Kier molecular flexibility index (Phi) is 4.88. The molecule has 0 unspecified atom stereocenters. The van der Waals surface area contributed by atoms with Crippen molar-refractivity contribution in [2.45, 2.75) is 33.7 Å². The molecule has 2 aromatic carbocycles. The van der Waals surface area contributed by atoms with Gasteiger partial charge in [0.15, 0.2) is 0 Å². The van der Waals surface area contributed by atoms with Gasteiger partial charge in [-0.1, -0.05) is 42.0 Å². The van der Waals surface area contributed by atoms with E-state index in [2.05, 4.69) is 12.1 Å². The fourth-order valence-electron chi connectivity index (χ4n) is 3.42. The van der Waals surface area contributed by atoms with E-state index in [4.69, 9.17) is 0 Å². The van der Waals surface area contributed by atoms with Crippen molar-refractivity contribution in [3.8, 4) is 0 Å². The molecule has 3 rings (SSSR count). The maximum absolute atomic E-state index is 12.8. The maximum Gasteiger partial charge on any atom is 0.242 e. The lowest BCUT2D eigenvalue weighted by molar-refractivity contribution is -0.132. The van der Waals surface area contributed by atoms with Crippen LogP contribution in [0.1, 0.15) is 29.2 Å². The SMILES string of the molecule is CC(=O)N(CC(=O)N1CCc2ccccc2C1)c1ccc(C)cc1C. The van der Waals surface area contributed by atoms with Crippen LogP contribution in [-0.4, -0.2) is 29.8 Å². The third-order valence-corrected chi connectivity index (χ3v) is 4.80. The standard InChI is InChI=1S/C21H24N2O2/c1-15-8-9-20(16(2)12-15)23(17(3)24)14-21(25)22-11-10-18-6-4-5-7-19(18)13-22/h4-9,12H,10-11,13-14H2,1-3H3. The number of hydrogen-bond donors (Lipinski definition) is 0. The molecule has 1 heterocycles. The van der Waals surface area contributed by atoms with Crippen LogP contribution < -0.4 is 4.90 Å². The van der Waals surface area contributed by atoms with Crippen molar-refractivity contribution in [2.75, 3.05) is 18.0 Å². The molecule has 0 aliphatic carbocycles. The molecule has 0 atom stereocenters. The molecule has 4 heteroatoms. The summed E-state index contributed by atoms with van der Waals surface area (Å²) in [5.74, 6) is -0.123. The number of aryl methyl sites for hydroxylation is 2. The van der Waals surface area contributed by atoms with Crippen LogP contribution in [0.4, 0.5) is 5.69 Å². The monoisotopic (exact) mass is 336 g/mol. The summed E-state index contributed by atoms with van der Waals surface area (Å²) in [7, 11) is 0. The van der Waals surface area contributed by atoms with E-state index in [1.807, 2.05) is 49.1 Å². The lowest BCUT2D eigenvalue weighted by Gasteiger charge is -2.31. The van der Waals surface area contributed by atoms with Gasteiger partial charge in [-0.15, -0.1) is 0 Å². The molecule has 2 aromatic rings. The second-order valence-corrected chi connectivity index (χ2v) is 6.73. The van der Waals surface area contributed by atoms with Crippen LogP contribution in [0.15, 0.2) is 42.5 Å². The Morgan fingerprint density at radius 1 is 1.08 bits per heavy atom. The molecule has 1 aliphatic heterocycles. The average molecular weight is 336 g/mol. The normalized spacial score (nSPS) is 13.3. The van der Waals surface area contributed by atoms with Gasteiger partial charge in [0.05, 0.1) is 0 Å². The Bertz CT molecular complexity index is 813. The fraction of sp³-hybridized carbons (Fsp3) is 0.333. The van der Waals surface area contributed by atoms with E-state index in [9.17, 15) is 9.59 Å². The molecular formula is C21H24N2O2. The molecular weight excluding hydrogens is 312 g/mol. The van der Waals surface area contributed by atoms with Crippen LogP contribution in [0.3, 0.4) is 0 Å². The smallest absolute Gasteiger partial charge is 0.242 e. The Hall–Kier alpha value is -2.62. The number of nitrogens with zero attached hydrogens (tertiary/aromatic N) is 2. The number of amides is 2. The zero-order chi connectivity index (χ0) is 18.0. The summed E-state index contributed by atoms with van der Waals surface area (Å²) < 4.78 is 0. The van der Waals surface area contributed by atoms with Gasteiger partial charge in [0.2, 0.25) is 11.8 Å². The first-order valence-corrected chi connectivity index (χ1v) is 8.65. The van der Waals surface area contributed by atoms with Crippen LogP contribution in [0.5, 0.6) is 0 Å². The maximum atomic E-state index is 12.8. The number of carbonyl (C=O) groups is 2. The Balaban J connectivity index is 1.77. The lowest BCUT2D eigenvalue weighted by atomic mass is 10.00. The second kappa shape index (κ2) is 7.09. The van der Waals surface area contributed by atoms with Crippen LogP contribution >= 0.6 is 0 Å². The molecule has 130 valence electrons. The number of anilines is 1. The van der Waals surface area contributed by atoms with Crippen molar-refractivity contribution < 1.29 is 9.59 Å². The molecule has 0 N–H and O–H groups in total. The fourth-order valence-corrected chi connectivity index (χ4v) is 3.42. The minimum atomic E-state index is -0.113. The summed E-state index contributed by atoms with van der Waals surface area (Å²) in [6.45, 7) is 6.91.